The van der Waals surface area contributed by atoms with Crippen LogP contribution in [0.15, 0.2) is 12.4 Å². The van der Waals surface area contributed by atoms with Crippen LogP contribution in [0.2, 0.25) is 0 Å². The molecular formula is C16H28N2O2. The standard InChI is InChI=1S/C16H28N2O2/c1-3-11-18-12-10-17-16(18)14(19)15(20-4-2)13-8-6-5-7-9-13/h10,12-15,19H,3-9,11H2,1-2H3. The summed E-state index contributed by atoms with van der Waals surface area (Å²) in [7, 11) is 0. The van der Waals surface area contributed by atoms with Crippen LogP contribution in [-0.2, 0) is 11.3 Å². The second-order valence-electron chi connectivity index (χ2n) is 5.74. The van der Waals surface area contributed by atoms with Crippen LogP contribution in [0.1, 0.15) is 64.3 Å². The highest BCUT2D eigenvalue weighted by atomic mass is 16.5. The number of hydrogen-bond donors (Lipinski definition) is 1. The van der Waals surface area contributed by atoms with Gasteiger partial charge in [0, 0.05) is 25.5 Å². The van der Waals surface area contributed by atoms with E-state index in [4.69, 9.17) is 4.74 Å². The van der Waals surface area contributed by atoms with Gasteiger partial charge in [-0.25, -0.2) is 4.98 Å². The third-order valence-corrected chi connectivity index (χ3v) is 4.26. The van der Waals surface area contributed by atoms with Crippen molar-refractivity contribution >= 4 is 0 Å². The van der Waals surface area contributed by atoms with Crippen molar-refractivity contribution in [2.75, 3.05) is 6.61 Å². The number of hydrogen-bond acceptors (Lipinski definition) is 3. The van der Waals surface area contributed by atoms with E-state index in [0.29, 0.717) is 12.5 Å². The fourth-order valence-corrected chi connectivity index (χ4v) is 3.30. The molecule has 20 heavy (non-hydrogen) atoms. The first-order chi connectivity index (χ1) is 9.77. The average molecular weight is 280 g/mol. The van der Waals surface area contributed by atoms with Gasteiger partial charge < -0.3 is 14.4 Å². The van der Waals surface area contributed by atoms with E-state index in [-0.39, 0.29) is 6.10 Å². The molecule has 2 atom stereocenters. The first kappa shape index (κ1) is 15.5. The van der Waals surface area contributed by atoms with Gasteiger partial charge in [-0.05, 0) is 32.1 Å². The van der Waals surface area contributed by atoms with Crippen molar-refractivity contribution in [2.45, 2.75) is 71.1 Å². The molecular weight excluding hydrogens is 252 g/mol. The zero-order valence-electron chi connectivity index (χ0n) is 12.8. The molecule has 0 aliphatic heterocycles. The Morgan fingerprint density at radius 1 is 1.35 bits per heavy atom. The van der Waals surface area contributed by atoms with Crippen molar-refractivity contribution in [1.82, 2.24) is 9.55 Å². The van der Waals surface area contributed by atoms with E-state index >= 15 is 0 Å². The summed E-state index contributed by atoms with van der Waals surface area (Å²) in [6.07, 6.45) is 10.2. The van der Waals surface area contributed by atoms with Gasteiger partial charge in [0.15, 0.2) is 0 Å². The molecule has 2 rings (SSSR count). The normalized spacial score (nSPS) is 19.9. The third-order valence-electron chi connectivity index (χ3n) is 4.26. The monoisotopic (exact) mass is 280 g/mol. The minimum Gasteiger partial charge on any atom is -0.382 e. The van der Waals surface area contributed by atoms with Crippen LogP contribution in [-0.4, -0.2) is 27.4 Å². The number of imidazole rings is 1. The maximum atomic E-state index is 10.8. The van der Waals surface area contributed by atoms with E-state index < -0.39 is 6.10 Å². The topological polar surface area (TPSA) is 47.3 Å². The predicted octanol–water partition coefficient (Wildman–Crippen LogP) is 3.31. The quantitative estimate of drug-likeness (QED) is 0.833. The number of aryl methyl sites for hydroxylation is 1. The highest BCUT2D eigenvalue weighted by Crippen LogP contribution is 2.34. The third kappa shape index (κ3) is 3.61. The second kappa shape index (κ2) is 7.79. The zero-order valence-corrected chi connectivity index (χ0v) is 12.8. The molecule has 0 radical (unpaired) electrons. The summed E-state index contributed by atoms with van der Waals surface area (Å²) in [6, 6.07) is 0. The van der Waals surface area contributed by atoms with Gasteiger partial charge in [-0.1, -0.05) is 26.2 Å². The number of aromatic nitrogens is 2. The molecule has 1 aliphatic carbocycles. The molecule has 2 unspecified atom stereocenters. The molecule has 0 spiro atoms. The molecule has 0 bridgehead atoms. The second-order valence-corrected chi connectivity index (χ2v) is 5.74. The van der Waals surface area contributed by atoms with Gasteiger partial charge in [-0.15, -0.1) is 0 Å². The molecule has 1 saturated carbocycles. The predicted molar refractivity (Wildman–Crippen MR) is 79.5 cm³/mol. The van der Waals surface area contributed by atoms with Gasteiger partial charge >= 0.3 is 0 Å². The highest BCUT2D eigenvalue weighted by Gasteiger charge is 2.33. The van der Waals surface area contributed by atoms with Gasteiger partial charge in [0.05, 0.1) is 6.10 Å². The first-order valence-electron chi connectivity index (χ1n) is 8.08. The van der Waals surface area contributed by atoms with E-state index in [1.165, 1.54) is 19.3 Å². The summed E-state index contributed by atoms with van der Waals surface area (Å²) in [5.74, 6) is 1.22. The Labute approximate surface area is 122 Å². The van der Waals surface area contributed by atoms with Crippen LogP contribution in [0.3, 0.4) is 0 Å². The maximum Gasteiger partial charge on any atom is 0.140 e. The van der Waals surface area contributed by atoms with Gasteiger partial charge in [0.25, 0.3) is 0 Å². The zero-order chi connectivity index (χ0) is 14.4. The van der Waals surface area contributed by atoms with E-state index in [2.05, 4.69) is 16.5 Å². The van der Waals surface area contributed by atoms with Crippen LogP contribution in [0.5, 0.6) is 0 Å². The molecule has 1 aromatic rings. The Hall–Kier alpha value is -0.870. The first-order valence-corrected chi connectivity index (χ1v) is 8.08. The largest absolute Gasteiger partial charge is 0.382 e. The van der Waals surface area contributed by atoms with Gasteiger partial charge in [-0.2, -0.15) is 0 Å². The molecule has 0 aromatic carbocycles. The van der Waals surface area contributed by atoms with Crippen molar-refractivity contribution < 1.29 is 9.84 Å². The number of aliphatic hydroxyl groups excluding tert-OH is 1. The lowest BCUT2D eigenvalue weighted by molar-refractivity contribution is -0.0780. The molecule has 114 valence electrons. The van der Waals surface area contributed by atoms with E-state index in [1.54, 1.807) is 6.20 Å². The maximum absolute atomic E-state index is 10.8. The van der Waals surface area contributed by atoms with Gasteiger partial charge in [0.1, 0.15) is 11.9 Å². The van der Waals surface area contributed by atoms with E-state index in [9.17, 15) is 5.11 Å². The minimum atomic E-state index is -0.611. The molecule has 1 aromatic heterocycles. The lowest BCUT2D eigenvalue weighted by atomic mass is 9.83. The van der Waals surface area contributed by atoms with Crippen molar-refractivity contribution in [2.24, 2.45) is 5.92 Å². The van der Waals surface area contributed by atoms with Crippen molar-refractivity contribution in [1.29, 1.82) is 0 Å². The Balaban J connectivity index is 2.12. The fraction of sp³-hybridized carbons (Fsp3) is 0.812. The summed E-state index contributed by atoms with van der Waals surface area (Å²) in [4.78, 5) is 4.37. The molecule has 0 amide bonds. The van der Waals surface area contributed by atoms with Crippen LogP contribution in [0, 0.1) is 5.92 Å². The SMILES string of the molecule is CCCn1ccnc1C(O)C(OCC)C1CCCCC1. The molecule has 4 nitrogen and oxygen atoms in total. The molecule has 1 N–H and O–H groups in total. The summed E-state index contributed by atoms with van der Waals surface area (Å²) < 4.78 is 7.95. The lowest BCUT2D eigenvalue weighted by Gasteiger charge is -2.33. The molecule has 4 heteroatoms. The summed E-state index contributed by atoms with van der Waals surface area (Å²) in [5, 5.41) is 10.8. The summed E-state index contributed by atoms with van der Waals surface area (Å²) in [5.41, 5.74) is 0. The minimum absolute atomic E-state index is 0.113. The van der Waals surface area contributed by atoms with Crippen LogP contribution in [0.25, 0.3) is 0 Å². The summed E-state index contributed by atoms with van der Waals surface area (Å²) in [6.45, 7) is 5.68. The number of nitrogens with zero attached hydrogens (tertiary/aromatic N) is 2. The van der Waals surface area contributed by atoms with E-state index in [1.807, 2.05) is 13.1 Å². The van der Waals surface area contributed by atoms with Crippen molar-refractivity contribution in [3.05, 3.63) is 18.2 Å². The van der Waals surface area contributed by atoms with Crippen LogP contribution in [0.4, 0.5) is 0 Å². The Kier molecular flexibility index (Phi) is 6.05. The molecule has 1 aliphatic rings. The van der Waals surface area contributed by atoms with Crippen molar-refractivity contribution in [3.8, 4) is 0 Å². The van der Waals surface area contributed by atoms with Crippen LogP contribution < -0.4 is 0 Å². The fourth-order valence-electron chi connectivity index (χ4n) is 3.30. The van der Waals surface area contributed by atoms with Gasteiger partial charge in [0.2, 0.25) is 0 Å². The smallest absolute Gasteiger partial charge is 0.140 e. The number of ether oxygens (including phenoxy) is 1. The molecule has 1 heterocycles. The van der Waals surface area contributed by atoms with Crippen LogP contribution >= 0.6 is 0 Å². The van der Waals surface area contributed by atoms with E-state index in [0.717, 1.165) is 31.6 Å². The lowest BCUT2D eigenvalue weighted by Crippen LogP contribution is -2.33. The Morgan fingerprint density at radius 3 is 2.75 bits per heavy atom. The number of aliphatic hydroxyl groups is 1. The Bertz CT molecular complexity index is 386. The molecule has 0 saturated heterocycles. The number of rotatable bonds is 7. The molecule has 1 fully saturated rings. The van der Waals surface area contributed by atoms with Crippen molar-refractivity contribution in [3.63, 3.8) is 0 Å². The van der Waals surface area contributed by atoms with Gasteiger partial charge in [-0.3, -0.25) is 0 Å². The Morgan fingerprint density at radius 2 is 2.10 bits per heavy atom. The summed E-state index contributed by atoms with van der Waals surface area (Å²) >= 11 is 0. The highest BCUT2D eigenvalue weighted by molar-refractivity contribution is 5.00. The average Bonchev–Trinajstić information content (AvgIpc) is 2.94.